The van der Waals surface area contributed by atoms with Gasteiger partial charge >= 0.3 is 0 Å². The topological polar surface area (TPSA) is 106 Å². The average Bonchev–Trinajstić information content (AvgIpc) is 2.84. The van der Waals surface area contributed by atoms with E-state index in [4.69, 9.17) is 9.47 Å². The molecule has 114 valence electrons. The van der Waals surface area contributed by atoms with E-state index in [1.54, 1.807) is 26.2 Å². The van der Waals surface area contributed by atoms with E-state index in [1.807, 2.05) is 0 Å². The summed E-state index contributed by atoms with van der Waals surface area (Å²) in [6, 6.07) is 6.05. The SMILES string of the molecule is COCCOc1ccc(S(=O)(=O)Nc2n[nH]c(C)n2)cc1. The Kier molecular flexibility index (Phi) is 4.76. The van der Waals surface area contributed by atoms with Crippen LogP contribution >= 0.6 is 0 Å². The fourth-order valence-corrected chi connectivity index (χ4v) is 2.47. The molecule has 0 spiro atoms. The molecule has 2 N–H and O–H groups in total. The van der Waals surface area contributed by atoms with Crippen LogP contribution in [-0.2, 0) is 14.8 Å². The van der Waals surface area contributed by atoms with Crippen LogP contribution in [0.3, 0.4) is 0 Å². The smallest absolute Gasteiger partial charge is 0.264 e. The third-order valence-electron chi connectivity index (χ3n) is 2.51. The van der Waals surface area contributed by atoms with Crippen LogP contribution in [0.5, 0.6) is 5.75 Å². The molecular weight excluding hydrogens is 296 g/mol. The molecule has 0 bridgehead atoms. The van der Waals surface area contributed by atoms with E-state index in [0.717, 1.165) is 0 Å². The molecule has 2 aromatic rings. The third-order valence-corrected chi connectivity index (χ3v) is 3.86. The van der Waals surface area contributed by atoms with Crippen molar-refractivity contribution < 1.29 is 17.9 Å². The number of rotatable bonds is 7. The number of sulfonamides is 1. The maximum atomic E-state index is 12.1. The van der Waals surface area contributed by atoms with Crippen molar-refractivity contribution in [2.75, 3.05) is 25.0 Å². The molecule has 0 saturated carbocycles. The zero-order chi connectivity index (χ0) is 15.3. The number of aromatic nitrogens is 3. The minimum Gasteiger partial charge on any atom is -0.491 e. The van der Waals surface area contributed by atoms with Gasteiger partial charge in [-0.15, -0.1) is 5.10 Å². The largest absolute Gasteiger partial charge is 0.491 e. The van der Waals surface area contributed by atoms with Crippen molar-refractivity contribution in [3.63, 3.8) is 0 Å². The van der Waals surface area contributed by atoms with Crippen LogP contribution in [0, 0.1) is 6.92 Å². The van der Waals surface area contributed by atoms with Gasteiger partial charge in [0.05, 0.1) is 11.5 Å². The Bertz CT molecular complexity index is 682. The Hall–Kier alpha value is -2.13. The van der Waals surface area contributed by atoms with Crippen molar-refractivity contribution in [3.8, 4) is 5.75 Å². The number of hydrogen-bond donors (Lipinski definition) is 2. The van der Waals surface area contributed by atoms with Gasteiger partial charge in [-0.05, 0) is 31.2 Å². The number of nitrogens with zero attached hydrogens (tertiary/aromatic N) is 2. The molecule has 0 radical (unpaired) electrons. The predicted octanol–water partition coefficient (Wildman–Crippen LogP) is 0.939. The summed E-state index contributed by atoms with van der Waals surface area (Å²) in [6.07, 6.45) is 0. The second kappa shape index (κ2) is 6.55. The first-order chi connectivity index (χ1) is 10.0. The van der Waals surface area contributed by atoms with Gasteiger partial charge in [-0.2, -0.15) is 4.98 Å². The number of nitrogens with one attached hydrogen (secondary N) is 2. The van der Waals surface area contributed by atoms with E-state index in [2.05, 4.69) is 19.9 Å². The number of anilines is 1. The second-order valence-corrected chi connectivity index (χ2v) is 5.84. The average molecular weight is 312 g/mol. The molecule has 9 heteroatoms. The number of aromatic amines is 1. The Balaban J connectivity index is 2.06. The Labute approximate surface area is 122 Å². The highest BCUT2D eigenvalue weighted by atomic mass is 32.2. The molecule has 0 amide bonds. The molecule has 0 aliphatic carbocycles. The summed E-state index contributed by atoms with van der Waals surface area (Å²) in [5.74, 6) is 1.10. The highest BCUT2D eigenvalue weighted by molar-refractivity contribution is 7.92. The highest BCUT2D eigenvalue weighted by Crippen LogP contribution is 2.17. The van der Waals surface area contributed by atoms with Gasteiger partial charge in [0.15, 0.2) is 0 Å². The summed E-state index contributed by atoms with van der Waals surface area (Å²) >= 11 is 0. The number of benzene rings is 1. The number of ether oxygens (including phenoxy) is 2. The summed E-state index contributed by atoms with van der Waals surface area (Å²) in [5.41, 5.74) is 0. The predicted molar refractivity (Wildman–Crippen MR) is 75.7 cm³/mol. The molecule has 8 nitrogen and oxygen atoms in total. The molecule has 1 heterocycles. The van der Waals surface area contributed by atoms with Crippen LogP contribution < -0.4 is 9.46 Å². The van der Waals surface area contributed by atoms with Crippen molar-refractivity contribution in [1.82, 2.24) is 15.2 Å². The minimum atomic E-state index is -3.72. The van der Waals surface area contributed by atoms with E-state index in [0.29, 0.717) is 24.8 Å². The Morgan fingerprint density at radius 2 is 1.95 bits per heavy atom. The minimum absolute atomic E-state index is 0.00733. The standard InChI is InChI=1S/C12H16N4O4S/c1-9-13-12(15-14-9)16-21(17,18)11-5-3-10(4-6-11)20-8-7-19-2/h3-6H,7-8H2,1-2H3,(H2,13,14,15,16). The zero-order valence-electron chi connectivity index (χ0n) is 11.7. The lowest BCUT2D eigenvalue weighted by molar-refractivity contribution is 0.146. The molecule has 0 aliphatic rings. The Morgan fingerprint density at radius 3 is 2.52 bits per heavy atom. The lowest BCUT2D eigenvalue weighted by atomic mass is 10.3. The first-order valence-corrected chi connectivity index (χ1v) is 7.63. The van der Waals surface area contributed by atoms with Gasteiger partial charge in [0, 0.05) is 7.11 Å². The van der Waals surface area contributed by atoms with E-state index in [9.17, 15) is 8.42 Å². The van der Waals surface area contributed by atoms with E-state index >= 15 is 0 Å². The van der Waals surface area contributed by atoms with Gasteiger partial charge in [0.25, 0.3) is 16.0 Å². The van der Waals surface area contributed by atoms with Crippen LogP contribution in [0.1, 0.15) is 5.82 Å². The van der Waals surface area contributed by atoms with E-state index in [-0.39, 0.29) is 10.8 Å². The number of hydrogen-bond acceptors (Lipinski definition) is 6. The molecule has 0 unspecified atom stereocenters. The van der Waals surface area contributed by atoms with Gasteiger partial charge in [-0.3, -0.25) is 5.10 Å². The van der Waals surface area contributed by atoms with Gasteiger partial charge < -0.3 is 9.47 Å². The van der Waals surface area contributed by atoms with Crippen LogP contribution in [0.4, 0.5) is 5.95 Å². The van der Waals surface area contributed by atoms with Gasteiger partial charge in [-0.1, -0.05) is 0 Å². The summed E-state index contributed by atoms with van der Waals surface area (Å²) in [6.45, 7) is 2.54. The highest BCUT2D eigenvalue weighted by Gasteiger charge is 2.16. The quantitative estimate of drug-likeness (QED) is 0.737. The van der Waals surface area contributed by atoms with E-state index in [1.165, 1.54) is 12.1 Å². The summed E-state index contributed by atoms with van der Waals surface area (Å²) in [5, 5.41) is 6.29. The van der Waals surface area contributed by atoms with Crippen LogP contribution in [0.2, 0.25) is 0 Å². The van der Waals surface area contributed by atoms with Crippen molar-refractivity contribution in [3.05, 3.63) is 30.1 Å². The number of methoxy groups -OCH3 is 1. The maximum absolute atomic E-state index is 12.1. The maximum Gasteiger partial charge on any atom is 0.264 e. The van der Waals surface area contributed by atoms with Crippen molar-refractivity contribution in [2.45, 2.75) is 11.8 Å². The van der Waals surface area contributed by atoms with Gasteiger partial charge in [0.2, 0.25) is 0 Å². The zero-order valence-corrected chi connectivity index (χ0v) is 12.5. The lowest BCUT2D eigenvalue weighted by Gasteiger charge is -2.07. The molecule has 0 fully saturated rings. The van der Waals surface area contributed by atoms with Gasteiger partial charge in [0.1, 0.15) is 18.2 Å². The fraction of sp³-hybridized carbons (Fsp3) is 0.333. The molecule has 0 aliphatic heterocycles. The third kappa shape index (κ3) is 4.17. The van der Waals surface area contributed by atoms with Crippen LogP contribution in [-0.4, -0.2) is 43.9 Å². The summed E-state index contributed by atoms with van der Waals surface area (Å²) in [7, 11) is -2.14. The summed E-state index contributed by atoms with van der Waals surface area (Å²) < 4.78 is 36.7. The van der Waals surface area contributed by atoms with Crippen molar-refractivity contribution in [2.24, 2.45) is 0 Å². The van der Waals surface area contributed by atoms with E-state index < -0.39 is 10.0 Å². The molecule has 21 heavy (non-hydrogen) atoms. The first kappa shape index (κ1) is 15.3. The molecule has 0 atom stereocenters. The molecule has 2 rings (SSSR count). The monoisotopic (exact) mass is 312 g/mol. The second-order valence-electron chi connectivity index (χ2n) is 4.16. The first-order valence-electron chi connectivity index (χ1n) is 6.15. The summed E-state index contributed by atoms with van der Waals surface area (Å²) in [4.78, 5) is 3.99. The van der Waals surface area contributed by atoms with Gasteiger partial charge in [-0.25, -0.2) is 13.1 Å². The fourth-order valence-electron chi connectivity index (χ4n) is 1.53. The Morgan fingerprint density at radius 1 is 1.24 bits per heavy atom. The van der Waals surface area contributed by atoms with Crippen LogP contribution in [0.15, 0.2) is 29.2 Å². The molecular formula is C12H16N4O4S. The molecule has 0 saturated heterocycles. The van der Waals surface area contributed by atoms with Crippen molar-refractivity contribution >= 4 is 16.0 Å². The molecule has 1 aromatic heterocycles. The lowest BCUT2D eigenvalue weighted by Crippen LogP contribution is -2.14. The number of aryl methyl sites for hydroxylation is 1. The molecule has 1 aromatic carbocycles. The van der Waals surface area contributed by atoms with Crippen molar-refractivity contribution in [1.29, 1.82) is 0 Å². The number of H-pyrrole nitrogens is 1. The van der Waals surface area contributed by atoms with Crippen LogP contribution in [0.25, 0.3) is 0 Å². The normalized spacial score (nSPS) is 11.3.